The van der Waals surface area contributed by atoms with Gasteiger partial charge >= 0.3 is 0 Å². The summed E-state index contributed by atoms with van der Waals surface area (Å²) in [6.45, 7) is 0.678. The lowest BCUT2D eigenvalue weighted by Crippen LogP contribution is -2.29. The number of hydrogen-bond donors (Lipinski definition) is 1. The Bertz CT molecular complexity index is 484. The predicted molar refractivity (Wildman–Crippen MR) is 66.9 cm³/mol. The lowest BCUT2D eigenvalue weighted by molar-refractivity contribution is 0.414. The molecule has 0 unspecified atom stereocenters. The summed E-state index contributed by atoms with van der Waals surface area (Å²) in [6, 6.07) is 7.87. The van der Waals surface area contributed by atoms with Crippen molar-refractivity contribution in [1.82, 2.24) is 5.32 Å². The third-order valence-corrected chi connectivity index (χ3v) is 4.73. The molecule has 0 radical (unpaired) electrons. The second-order valence-corrected chi connectivity index (χ2v) is 6.56. The van der Waals surface area contributed by atoms with Crippen molar-refractivity contribution >= 4 is 9.84 Å². The standard InChI is InChI=1S/C12H17NO3S/c1-16-12-4-2-3-10(7-12)8-13-11-5-6-17(14,15)9-11/h2-4,7,11,13H,5-6,8-9H2,1H3/t11-/m1/s1. The van der Waals surface area contributed by atoms with E-state index in [4.69, 9.17) is 4.74 Å². The summed E-state index contributed by atoms with van der Waals surface area (Å²) in [5, 5.41) is 3.27. The number of sulfone groups is 1. The molecule has 1 saturated heterocycles. The van der Waals surface area contributed by atoms with Crippen molar-refractivity contribution < 1.29 is 13.2 Å². The van der Waals surface area contributed by atoms with Crippen molar-refractivity contribution in [2.24, 2.45) is 0 Å². The quantitative estimate of drug-likeness (QED) is 0.871. The third kappa shape index (κ3) is 3.44. The first kappa shape index (κ1) is 12.4. The molecule has 1 fully saturated rings. The van der Waals surface area contributed by atoms with E-state index in [0.717, 1.165) is 11.3 Å². The smallest absolute Gasteiger partial charge is 0.151 e. The molecule has 17 heavy (non-hydrogen) atoms. The van der Waals surface area contributed by atoms with E-state index < -0.39 is 9.84 Å². The summed E-state index contributed by atoms with van der Waals surface area (Å²) in [5.41, 5.74) is 1.11. The number of rotatable bonds is 4. The van der Waals surface area contributed by atoms with Crippen molar-refractivity contribution in [3.05, 3.63) is 29.8 Å². The van der Waals surface area contributed by atoms with Gasteiger partial charge in [-0.15, -0.1) is 0 Å². The average molecular weight is 255 g/mol. The van der Waals surface area contributed by atoms with Crippen LogP contribution in [0.15, 0.2) is 24.3 Å². The van der Waals surface area contributed by atoms with Gasteiger partial charge in [0.1, 0.15) is 5.75 Å². The largest absolute Gasteiger partial charge is 0.497 e. The second kappa shape index (κ2) is 5.06. The van der Waals surface area contributed by atoms with E-state index in [9.17, 15) is 8.42 Å². The van der Waals surface area contributed by atoms with Gasteiger partial charge in [-0.3, -0.25) is 0 Å². The highest BCUT2D eigenvalue weighted by atomic mass is 32.2. The minimum Gasteiger partial charge on any atom is -0.497 e. The van der Waals surface area contributed by atoms with Crippen molar-refractivity contribution in [3.8, 4) is 5.75 Å². The molecule has 0 aromatic heterocycles. The van der Waals surface area contributed by atoms with Crippen LogP contribution in [-0.4, -0.2) is 33.1 Å². The molecular weight excluding hydrogens is 238 g/mol. The molecule has 0 saturated carbocycles. The number of methoxy groups -OCH3 is 1. The van der Waals surface area contributed by atoms with Crippen molar-refractivity contribution in [3.63, 3.8) is 0 Å². The van der Waals surface area contributed by atoms with Crippen molar-refractivity contribution in [1.29, 1.82) is 0 Å². The van der Waals surface area contributed by atoms with Crippen LogP contribution in [-0.2, 0) is 16.4 Å². The Kier molecular flexibility index (Phi) is 3.69. The molecule has 1 aliphatic rings. The molecule has 4 nitrogen and oxygen atoms in total. The third-order valence-electron chi connectivity index (χ3n) is 2.96. The number of ether oxygens (including phenoxy) is 1. The predicted octanol–water partition coefficient (Wildman–Crippen LogP) is 0.972. The van der Waals surface area contributed by atoms with Crippen molar-refractivity contribution in [2.45, 2.75) is 19.0 Å². The maximum Gasteiger partial charge on any atom is 0.151 e. The average Bonchev–Trinajstić information content (AvgIpc) is 2.67. The molecule has 5 heteroatoms. The van der Waals surface area contributed by atoms with Crippen LogP contribution >= 0.6 is 0 Å². The Labute approximate surface area is 102 Å². The first-order valence-electron chi connectivity index (χ1n) is 5.66. The first-order chi connectivity index (χ1) is 8.09. The van der Waals surface area contributed by atoms with Crippen LogP contribution in [0, 0.1) is 0 Å². The molecule has 0 amide bonds. The lowest BCUT2D eigenvalue weighted by atomic mass is 10.2. The van der Waals surface area contributed by atoms with Crippen LogP contribution in [0.1, 0.15) is 12.0 Å². The van der Waals surface area contributed by atoms with Crippen molar-refractivity contribution in [2.75, 3.05) is 18.6 Å². The zero-order valence-corrected chi connectivity index (χ0v) is 10.7. The minimum absolute atomic E-state index is 0.0891. The second-order valence-electron chi connectivity index (χ2n) is 4.33. The zero-order chi connectivity index (χ0) is 12.3. The topological polar surface area (TPSA) is 55.4 Å². The van der Waals surface area contributed by atoms with E-state index in [1.165, 1.54) is 0 Å². The highest BCUT2D eigenvalue weighted by Gasteiger charge is 2.27. The monoisotopic (exact) mass is 255 g/mol. The highest BCUT2D eigenvalue weighted by molar-refractivity contribution is 7.91. The number of benzene rings is 1. The zero-order valence-electron chi connectivity index (χ0n) is 9.85. The van der Waals surface area contributed by atoms with E-state index >= 15 is 0 Å². The molecule has 1 heterocycles. The van der Waals surface area contributed by atoms with Gasteiger partial charge in [0.05, 0.1) is 18.6 Å². The molecule has 1 aliphatic heterocycles. The molecule has 2 rings (SSSR count). The van der Waals surface area contributed by atoms with Gasteiger partial charge in [0, 0.05) is 12.6 Å². The molecular formula is C12H17NO3S. The van der Waals surface area contributed by atoms with Gasteiger partial charge < -0.3 is 10.1 Å². The number of hydrogen-bond acceptors (Lipinski definition) is 4. The van der Waals surface area contributed by atoms with Gasteiger partial charge in [-0.1, -0.05) is 12.1 Å². The molecule has 1 aromatic carbocycles. The van der Waals surface area contributed by atoms with Crippen LogP contribution in [0.3, 0.4) is 0 Å². The van der Waals surface area contributed by atoms with E-state index in [1.54, 1.807) is 7.11 Å². The van der Waals surface area contributed by atoms with Gasteiger partial charge in [-0.05, 0) is 24.1 Å². The summed E-state index contributed by atoms with van der Waals surface area (Å²) in [7, 11) is -1.16. The molecule has 0 bridgehead atoms. The fourth-order valence-corrected chi connectivity index (χ4v) is 3.71. The summed E-state index contributed by atoms with van der Waals surface area (Å²) < 4.78 is 27.7. The van der Waals surface area contributed by atoms with E-state index in [-0.39, 0.29) is 11.8 Å². The fourth-order valence-electron chi connectivity index (χ4n) is 2.00. The Morgan fingerprint density at radius 1 is 1.47 bits per heavy atom. The van der Waals surface area contributed by atoms with E-state index in [1.807, 2.05) is 24.3 Å². The van der Waals surface area contributed by atoms with Crippen LogP contribution in [0.5, 0.6) is 5.75 Å². The summed E-state index contributed by atoms with van der Waals surface area (Å²) >= 11 is 0. The molecule has 94 valence electrons. The van der Waals surface area contributed by atoms with Crippen LogP contribution in [0.25, 0.3) is 0 Å². The van der Waals surface area contributed by atoms with Gasteiger partial charge in [-0.2, -0.15) is 0 Å². The maximum atomic E-state index is 11.3. The number of nitrogens with one attached hydrogen (secondary N) is 1. The Morgan fingerprint density at radius 3 is 2.94 bits per heavy atom. The van der Waals surface area contributed by atoms with Crippen LogP contribution in [0.4, 0.5) is 0 Å². The highest BCUT2D eigenvalue weighted by Crippen LogP contribution is 2.15. The van der Waals surface area contributed by atoms with Gasteiger partial charge in [0.15, 0.2) is 9.84 Å². The van der Waals surface area contributed by atoms with E-state index in [0.29, 0.717) is 18.7 Å². The molecule has 1 aromatic rings. The molecule has 1 N–H and O–H groups in total. The fraction of sp³-hybridized carbons (Fsp3) is 0.500. The maximum absolute atomic E-state index is 11.3. The Hall–Kier alpha value is -1.07. The summed E-state index contributed by atoms with van der Waals surface area (Å²) in [5.74, 6) is 1.39. The summed E-state index contributed by atoms with van der Waals surface area (Å²) in [4.78, 5) is 0. The van der Waals surface area contributed by atoms with Gasteiger partial charge in [-0.25, -0.2) is 8.42 Å². The SMILES string of the molecule is COc1cccc(CN[C@@H]2CCS(=O)(=O)C2)c1. The van der Waals surface area contributed by atoms with Gasteiger partial charge in [0.2, 0.25) is 0 Å². The first-order valence-corrected chi connectivity index (χ1v) is 7.48. The Balaban J connectivity index is 1.90. The minimum atomic E-state index is -2.80. The molecule has 0 spiro atoms. The lowest BCUT2D eigenvalue weighted by Gasteiger charge is -2.11. The van der Waals surface area contributed by atoms with E-state index in [2.05, 4.69) is 5.32 Å². The van der Waals surface area contributed by atoms with Gasteiger partial charge in [0.25, 0.3) is 0 Å². The summed E-state index contributed by atoms with van der Waals surface area (Å²) in [6.07, 6.45) is 0.715. The Morgan fingerprint density at radius 2 is 2.29 bits per heavy atom. The van der Waals surface area contributed by atoms with Crippen LogP contribution < -0.4 is 10.1 Å². The van der Waals surface area contributed by atoms with Crippen LogP contribution in [0.2, 0.25) is 0 Å². The molecule has 1 atom stereocenters. The molecule has 0 aliphatic carbocycles. The normalized spacial score (nSPS) is 22.5.